The molecule has 3 aromatic carbocycles. The summed E-state index contributed by atoms with van der Waals surface area (Å²) in [5.74, 6) is -7.50. The van der Waals surface area contributed by atoms with Crippen LogP contribution in [-0.4, -0.2) is 230 Å². The summed E-state index contributed by atoms with van der Waals surface area (Å²) in [6, 6.07) is 8.71. The number of β-amino-alcohol motifs (C(OH)–C–C–N with tert-alkyl or cyclic N) is 1. The Balaban J connectivity index is 0.00000618. The van der Waals surface area contributed by atoms with Crippen LogP contribution in [0.25, 0.3) is 11.1 Å². The van der Waals surface area contributed by atoms with E-state index in [4.69, 9.17) is 10.5 Å². The SMILES string of the molecule is CCC1CCC(N2CCN(c3ccc(-c4ccc(C(=O)N[C@H]5C[C@@H](O)CNC(=O)[C@@H]6[C@@H](O)[C@@H](C)CN6C(=O)[C@H]([C@H](O)CCN)NC(=O)[C@H]([C@H](O)Cc6ccc(O)c(OC)c6)NC(=O)[C@@H]6C[C@@H](O)CN6C(=O)[C@H]([C@@H](C)O)NC5=O)cc4)cc3)CC2)CC1.Cl.Cl. The van der Waals surface area contributed by atoms with E-state index >= 15 is 0 Å². The zero-order valence-corrected chi connectivity index (χ0v) is 51.7. The number of carbonyl (C=O) groups is 7. The highest BCUT2D eigenvalue weighted by Crippen LogP contribution is 2.33. The van der Waals surface area contributed by atoms with Crippen LogP contribution >= 0.6 is 24.8 Å². The Labute approximate surface area is 524 Å². The Morgan fingerprint density at radius 3 is 1.95 bits per heavy atom. The van der Waals surface area contributed by atoms with Crippen molar-refractivity contribution in [3.05, 3.63) is 77.9 Å². The fraction of sp³-hybridized carbons (Fsp3) is 0.590. The number of phenols is 1. The van der Waals surface area contributed by atoms with Crippen LogP contribution in [0.1, 0.15) is 88.1 Å². The van der Waals surface area contributed by atoms with E-state index in [9.17, 15) is 69.3 Å². The average Bonchev–Trinajstić information content (AvgIpc) is 2.78. The highest BCUT2D eigenvalue weighted by atomic mass is 35.5. The molecule has 0 bridgehead atoms. The summed E-state index contributed by atoms with van der Waals surface area (Å²) in [6.07, 6.45) is -5.17. The van der Waals surface area contributed by atoms with Crippen LogP contribution in [0, 0.1) is 11.8 Å². The molecule has 5 fully saturated rings. The molecule has 5 aliphatic rings. The van der Waals surface area contributed by atoms with Gasteiger partial charge in [-0.05, 0) is 105 Å². The number of piperazine rings is 1. The standard InChI is InChI=1S/C61H86N10O15.2ClH/c1-5-35-6-15-40(16-7-35)68-22-24-69(25-23-68)41-17-13-38(14-18-41)37-9-11-39(12-10-37)55(79)64-44-28-42(73)30-63-59(83)53-54(78)33(2)31-71(53)61(85)52(47(76)20-21-62)67-58(82)51(48(77)26-36-8-19-46(75)49(27-36)86-4)66-57(81)45-29-43(74)32-70(45)60(84)50(34(3)72)65-56(44)80;;/h8-14,17-19,27,33-35,40,42-45,47-48,50-54,72-78H,5-7,15-16,20-26,28-32,62H2,1-4H3,(H,63,83)(H,64,79)(H,65,80)(H,66,81)(H,67,82);2*1H/t33-,34+,35?,40?,42+,43+,44-,45-,47+,48+,50-,51-,52-,53-,54-;;/m0../s1. The van der Waals surface area contributed by atoms with E-state index in [1.54, 1.807) is 31.2 Å². The van der Waals surface area contributed by atoms with Gasteiger partial charge in [0, 0.05) is 88.3 Å². The first kappa shape index (κ1) is 70.7. The van der Waals surface area contributed by atoms with E-state index in [0.717, 1.165) is 58.7 Å². The molecule has 486 valence electrons. The number of hydrogen-bond donors (Lipinski definition) is 13. The monoisotopic (exact) mass is 1270 g/mol. The van der Waals surface area contributed by atoms with E-state index in [-0.39, 0.29) is 67.0 Å². The van der Waals surface area contributed by atoms with Gasteiger partial charge in [-0.25, -0.2) is 0 Å². The van der Waals surface area contributed by atoms with Gasteiger partial charge < -0.3 is 87.5 Å². The Hall–Kier alpha value is -6.39. The maximum atomic E-state index is 14.7. The molecular weight excluding hydrogens is 1180 g/mol. The zero-order valence-electron chi connectivity index (χ0n) is 50.1. The van der Waals surface area contributed by atoms with Gasteiger partial charge in [0.1, 0.15) is 36.3 Å². The Morgan fingerprint density at radius 1 is 0.727 bits per heavy atom. The number of nitrogens with two attached hydrogens (primary N) is 1. The Bertz CT molecular complexity index is 2860. The van der Waals surface area contributed by atoms with Gasteiger partial charge in [0.15, 0.2) is 11.5 Å². The lowest BCUT2D eigenvalue weighted by atomic mass is 9.84. The van der Waals surface area contributed by atoms with Crippen LogP contribution < -0.4 is 42.0 Å². The number of carbonyl (C=O) groups excluding carboxylic acids is 7. The molecule has 4 heterocycles. The summed E-state index contributed by atoms with van der Waals surface area (Å²) in [6.45, 7) is 7.31. The van der Waals surface area contributed by atoms with E-state index in [0.29, 0.717) is 6.04 Å². The number of anilines is 1. The Morgan fingerprint density at radius 2 is 1.34 bits per heavy atom. The van der Waals surface area contributed by atoms with E-state index in [2.05, 4.69) is 55.4 Å². The predicted molar refractivity (Wildman–Crippen MR) is 329 cm³/mol. The maximum absolute atomic E-state index is 14.7. The third-order valence-corrected chi connectivity index (χ3v) is 17.8. The fourth-order valence-electron chi connectivity index (χ4n) is 12.6. The highest BCUT2D eigenvalue weighted by Gasteiger charge is 2.50. The zero-order chi connectivity index (χ0) is 62.1. The number of ether oxygens (including phenoxy) is 1. The summed E-state index contributed by atoms with van der Waals surface area (Å²) in [4.78, 5) is 108. The van der Waals surface area contributed by atoms with Crippen molar-refractivity contribution in [3.63, 3.8) is 0 Å². The van der Waals surface area contributed by atoms with Gasteiger partial charge in [-0.1, -0.05) is 50.6 Å². The van der Waals surface area contributed by atoms with E-state index < -0.39 is 152 Å². The summed E-state index contributed by atoms with van der Waals surface area (Å²) in [7, 11) is 1.28. The molecule has 25 nitrogen and oxygen atoms in total. The highest BCUT2D eigenvalue weighted by molar-refractivity contribution is 6.00. The number of nitrogens with zero attached hydrogens (tertiary/aromatic N) is 4. The lowest BCUT2D eigenvalue weighted by Crippen LogP contribution is -2.64. The molecule has 4 aliphatic heterocycles. The topological polar surface area (TPSA) is 369 Å². The number of aliphatic hydroxyl groups is 6. The minimum absolute atomic E-state index is 0. The number of rotatable bonds is 14. The number of hydrogen-bond acceptors (Lipinski definition) is 18. The molecule has 13 atom stereocenters. The first-order valence-corrected chi connectivity index (χ1v) is 30.0. The van der Waals surface area contributed by atoms with Crippen molar-refractivity contribution in [2.24, 2.45) is 17.6 Å². The lowest BCUT2D eigenvalue weighted by molar-refractivity contribution is -0.147. The number of aromatic hydroxyl groups is 1. The van der Waals surface area contributed by atoms with Gasteiger partial charge >= 0.3 is 0 Å². The van der Waals surface area contributed by atoms with Crippen molar-refractivity contribution in [2.45, 2.75) is 157 Å². The molecule has 14 N–H and O–H groups in total. The van der Waals surface area contributed by atoms with Crippen molar-refractivity contribution in [1.82, 2.24) is 41.3 Å². The molecule has 4 saturated heterocycles. The van der Waals surface area contributed by atoms with Gasteiger partial charge in [0.25, 0.3) is 5.91 Å². The number of nitrogens with one attached hydrogen (secondary N) is 5. The number of amides is 7. The number of benzene rings is 3. The van der Waals surface area contributed by atoms with Gasteiger partial charge in [0.05, 0.1) is 43.7 Å². The average molecular weight is 1270 g/mol. The largest absolute Gasteiger partial charge is 0.504 e. The van der Waals surface area contributed by atoms with Gasteiger partial charge in [-0.15, -0.1) is 24.8 Å². The van der Waals surface area contributed by atoms with E-state index in [1.165, 1.54) is 64.3 Å². The maximum Gasteiger partial charge on any atom is 0.251 e. The molecule has 0 aromatic heterocycles. The molecule has 27 heteroatoms. The van der Waals surface area contributed by atoms with Crippen LogP contribution in [0.4, 0.5) is 5.69 Å². The number of aliphatic hydroxyl groups excluding tert-OH is 6. The molecule has 1 saturated carbocycles. The second-order valence-corrected chi connectivity index (χ2v) is 23.8. The molecule has 0 spiro atoms. The minimum atomic E-state index is -2.01. The summed E-state index contributed by atoms with van der Waals surface area (Å²) < 4.78 is 5.20. The second-order valence-electron chi connectivity index (χ2n) is 23.8. The third-order valence-electron chi connectivity index (χ3n) is 17.8. The van der Waals surface area contributed by atoms with Crippen molar-refractivity contribution in [2.75, 3.05) is 64.4 Å². The molecule has 7 amide bonds. The van der Waals surface area contributed by atoms with Crippen molar-refractivity contribution < 1.29 is 74.0 Å². The van der Waals surface area contributed by atoms with Gasteiger partial charge in [-0.2, -0.15) is 0 Å². The van der Waals surface area contributed by atoms with E-state index in [1.807, 2.05) is 12.1 Å². The summed E-state index contributed by atoms with van der Waals surface area (Å²) >= 11 is 0. The molecule has 0 unspecified atom stereocenters. The van der Waals surface area contributed by atoms with Crippen molar-refractivity contribution >= 4 is 71.9 Å². The number of methoxy groups -OCH3 is 1. The first-order chi connectivity index (χ1) is 41.1. The number of halogens is 2. The molecule has 0 radical (unpaired) electrons. The van der Waals surface area contributed by atoms with Crippen LogP contribution in [0.3, 0.4) is 0 Å². The van der Waals surface area contributed by atoms with Gasteiger partial charge in [-0.3, -0.25) is 38.5 Å². The number of fused-ring (bicyclic) bond motifs is 2. The van der Waals surface area contributed by atoms with Crippen LogP contribution in [0.2, 0.25) is 0 Å². The lowest BCUT2D eigenvalue weighted by Gasteiger charge is -2.42. The fourth-order valence-corrected chi connectivity index (χ4v) is 12.6. The first-order valence-electron chi connectivity index (χ1n) is 30.0. The molecule has 8 rings (SSSR count). The smallest absolute Gasteiger partial charge is 0.251 e. The molecule has 1 aliphatic carbocycles. The molecular formula is C61H88Cl2N10O15. The van der Waals surface area contributed by atoms with Gasteiger partial charge in [0.2, 0.25) is 35.4 Å². The number of phenolic OH excluding ortho intramolecular Hbond substituents is 1. The van der Waals surface area contributed by atoms with Crippen LogP contribution in [-0.2, 0) is 35.2 Å². The van der Waals surface area contributed by atoms with Crippen LogP contribution in [0.5, 0.6) is 11.5 Å². The molecule has 88 heavy (non-hydrogen) atoms. The van der Waals surface area contributed by atoms with Crippen molar-refractivity contribution in [1.29, 1.82) is 0 Å². The minimum Gasteiger partial charge on any atom is -0.504 e. The normalized spacial score (nSPS) is 29.1. The predicted octanol–water partition coefficient (Wildman–Crippen LogP) is -0.700. The third kappa shape index (κ3) is 16.9. The van der Waals surface area contributed by atoms with Crippen molar-refractivity contribution in [3.8, 4) is 22.6 Å². The quantitative estimate of drug-likeness (QED) is 0.0949. The second kappa shape index (κ2) is 31.9. The Kier molecular flexibility index (Phi) is 25.6. The summed E-state index contributed by atoms with van der Waals surface area (Å²) in [5.41, 5.74) is 9.00. The molecule has 3 aromatic rings. The van der Waals surface area contributed by atoms with Crippen LogP contribution in [0.15, 0.2) is 66.7 Å². The summed E-state index contributed by atoms with van der Waals surface area (Å²) in [5, 5.41) is 91.0.